The van der Waals surface area contributed by atoms with Gasteiger partial charge in [-0.05, 0) is 32.4 Å². The number of carboxylic acids is 1. The lowest BCUT2D eigenvalue weighted by molar-refractivity contribution is -0.139. The summed E-state index contributed by atoms with van der Waals surface area (Å²) in [6, 6.07) is -1.76. The van der Waals surface area contributed by atoms with Gasteiger partial charge in [0.2, 0.25) is 0 Å². The molecule has 0 spiro atoms. The van der Waals surface area contributed by atoms with Crippen LogP contribution in [0.15, 0.2) is 0 Å². The second kappa shape index (κ2) is 7.44. The number of carbonyl (C=O) groups excluding carboxylic acids is 1. The molecule has 0 aromatic heterocycles. The molecule has 0 aliphatic carbocycles. The Bertz CT molecular complexity index is 445. The van der Waals surface area contributed by atoms with Crippen molar-refractivity contribution >= 4 is 21.8 Å². The number of rotatable bonds is 6. The van der Waals surface area contributed by atoms with Crippen LogP contribution in [0.25, 0.3) is 0 Å². The van der Waals surface area contributed by atoms with Gasteiger partial charge in [0, 0.05) is 12.3 Å². The van der Waals surface area contributed by atoms with E-state index in [4.69, 9.17) is 5.11 Å². The fraction of sp³-hybridized carbons (Fsp3) is 0.818. The third kappa shape index (κ3) is 6.71. The van der Waals surface area contributed by atoms with Gasteiger partial charge in [-0.2, -0.15) is 0 Å². The van der Waals surface area contributed by atoms with Crippen LogP contribution in [0.2, 0.25) is 0 Å². The van der Waals surface area contributed by atoms with Gasteiger partial charge in [-0.3, -0.25) is 0 Å². The average molecular weight is 307 g/mol. The summed E-state index contributed by atoms with van der Waals surface area (Å²) < 4.78 is 22.1. The van der Waals surface area contributed by atoms with Crippen LogP contribution in [-0.2, 0) is 14.6 Å². The summed E-state index contributed by atoms with van der Waals surface area (Å²) >= 11 is 0. The molecule has 8 nitrogen and oxygen atoms in total. The van der Waals surface area contributed by atoms with Crippen LogP contribution in [0.3, 0.4) is 0 Å². The monoisotopic (exact) mass is 307 g/mol. The van der Waals surface area contributed by atoms with E-state index >= 15 is 0 Å². The Hall–Kier alpha value is -1.35. The number of hydrogen-bond acceptors (Lipinski definition) is 5. The lowest BCUT2D eigenvalue weighted by Gasteiger charge is -2.24. The summed E-state index contributed by atoms with van der Waals surface area (Å²) in [5.74, 6) is -1.52. The van der Waals surface area contributed by atoms with Crippen LogP contribution in [0, 0.1) is 0 Å². The molecule has 1 atom stereocenters. The quantitative estimate of drug-likeness (QED) is 0.495. The SMILES string of the molecule is CS(=O)(=O)CCC(NC(=O)NC1CCNCC1)C(=O)O. The number of urea groups is 1. The summed E-state index contributed by atoms with van der Waals surface area (Å²) in [4.78, 5) is 22.7. The predicted molar refractivity (Wildman–Crippen MR) is 73.3 cm³/mol. The number of hydrogen-bond donors (Lipinski definition) is 4. The average Bonchev–Trinajstić information content (AvgIpc) is 2.34. The highest BCUT2D eigenvalue weighted by Gasteiger charge is 2.23. The van der Waals surface area contributed by atoms with Gasteiger partial charge >= 0.3 is 12.0 Å². The van der Waals surface area contributed by atoms with E-state index in [0.717, 1.165) is 32.2 Å². The second-order valence-corrected chi connectivity index (χ2v) is 7.21. The van der Waals surface area contributed by atoms with Gasteiger partial charge in [0.05, 0.1) is 5.75 Å². The molecule has 0 aromatic carbocycles. The van der Waals surface area contributed by atoms with Gasteiger partial charge in [0.25, 0.3) is 0 Å². The van der Waals surface area contributed by atoms with Crippen LogP contribution >= 0.6 is 0 Å². The molecule has 1 saturated heterocycles. The Morgan fingerprint density at radius 1 is 1.35 bits per heavy atom. The van der Waals surface area contributed by atoms with Crippen LogP contribution in [-0.4, -0.2) is 62.7 Å². The lowest BCUT2D eigenvalue weighted by atomic mass is 10.1. The number of amides is 2. The smallest absolute Gasteiger partial charge is 0.326 e. The maximum absolute atomic E-state index is 11.7. The highest BCUT2D eigenvalue weighted by Crippen LogP contribution is 2.02. The molecule has 1 heterocycles. The summed E-state index contributed by atoms with van der Waals surface area (Å²) in [6.45, 7) is 1.61. The van der Waals surface area contributed by atoms with Gasteiger partial charge < -0.3 is 21.1 Å². The van der Waals surface area contributed by atoms with Gasteiger partial charge in [-0.1, -0.05) is 0 Å². The number of sulfone groups is 1. The van der Waals surface area contributed by atoms with Gasteiger partial charge in [0.1, 0.15) is 15.9 Å². The van der Waals surface area contributed by atoms with E-state index in [1.165, 1.54) is 0 Å². The molecule has 4 N–H and O–H groups in total. The molecule has 1 rings (SSSR count). The molecular weight excluding hydrogens is 286 g/mol. The highest BCUT2D eigenvalue weighted by atomic mass is 32.2. The number of piperidine rings is 1. The fourth-order valence-electron chi connectivity index (χ4n) is 1.94. The maximum atomic E-state index is 11.7. The largest absolute Gasteiger partial charge is 0.480 e. The number of aliphatic carboxylic acids is 1. The minimum Gasteiger partial charge on any atom is -0.480 e. The molecule has 0 aromatic rings. The highest BCUT2D eigenvalue weighted by molar-refractivity contribution is 7.90. The molecular formula is C11H21N3O5S. The summed E-state index contributed by atoms with van der Waals surface area (Å²) in [5, 5.41) is 17.1. The first-order valence-electron chi connectivity index (χ1n) is 6.46. The maximum Gasteiger partial charge on any atom is 0.326 e. The van der Waals surface area contributed by atoms with E-state index in [0.29, 0.717) is 0 Å². The van der Waals surface area contributed by atoms with Crippen molar-refractivity contribution in [3.05, 3.63) is 0 Å². The lowest BCUT2D eigenvalue weighted by Crippen LogP contribution is -2.51. The summed E-state index contributed by atoms with van der Waals surface area (Å²) in [7, 11) is -3.26. The van der Waals surface area contributed by atoms with Crippen molar-refractivity contribution < 1.29 is 23.1 Å². The molecule has 1 aliphatic heterocycles. The third-order valence-corrected chi connectivity index (χ3v) is 4.03. The predicted octanol–water partition coefficient (Wildman–Crippen LogP) is -1.07. The van der Waals surface area contributed by atoms with E-state index in [2.05, 4.69) is 16.0 Å². The Morgan fingerprint density at radius 3 is 2.45 bits per heavy atom. The first-order chi connectivity index (χ1) is 9.28. The van der Waals surface area contributed by atoms with Crippen LogP contribution in [0.4, 0.5) is 4.79 Å². The van der Waals surface area contributed by atoms with Crippen molar-refractivity contribution in [1.29, 1.82) is 0 Å². The van der Waals surface area contributed by atoms with Crippen molar-refractivity contribution in [3.8, 4) is 0 Å². The van der Waals surface area contributed by atoms with Crippen molar-refractivity contribution in [3.63, 3.8) is 0 Å². The minimum absolute atomic E-state index is 0.0144. The summed E-state index contributed by atoms with van der Waals surface area (Å²) in [5.41, 5.74) is 0. The van der Waals surface area contributed by atoms with Crippen LogP contribution < -0.4 is 16.0 Å². The molecule has 20 heavy (non-hydrogen) atoms. The van der Waals surface area contributed by atoms with Gasteiger partial charge in [-0.15, -0.1) is 0 Å². The molecule has 9 heteroatoms. The van der Waals surface area contributed by atoms with E-state index < -0.39 is 27.9 Å². The van der Waals surface area contributed by atoms with E-state index in [1.807, 2.05) is 0 Å². The molecule has 2 amide bonds. The zero-order valence-corrected chi connectivity index (χ0v) is 12.2. The Balaban J connectivity index is 2.43. The van der Waals surface area contributed by atoms with Gasteiger partial charge in [-0.25, -0.2) is 18.0 Å². The molecule has 0 radical (unpaired) electrons. The van der Waals surface area contributed by atoms with Crippen molar-refractivity contribution in [2.75, 3.05) is 25.1 Å². The van der Waals surface area contributed by atoms with Crippen LogP contribution in [0.5, 0.6) is 0 Å². The molecule has 1 fully saturated rings. The van der Waals surface area contributed by atoms with Crippen molar-refractivity contribution in [2.45, 2.75) is 31.3 Å². The molecule has 0 saturated carbocycles. The topological polar surface area (TPSA) is 125 Å². The fourth-order valence-corrected chi connectivity index (χ4v) is 2.60. The zero-order valence-electron chi connectivity index (χ0n) is 11.4. The number of nitrogens with one attached hydrogen (secondary N) is 3. The standard InChI is InChI=1S/C11H21N3O5S/c1-20(18,19)7-4-9(10(15)16)14-11(17)13-8-2-5-12-6-3-8/h8-9,12H,2-7H2,1H3,(H,15,16)(H2,13,14,17). The Kier molecular flexibility index (Phi) is 6.21. The molecule has 1 unspecified atom stereocenters. The molecule has 0 bridgehead atoms. The Labute approximate surface area is 118 Å². The van der Waals surface area contributed by atoms with Gasteiger partial charge in [0.15, 0.2) is 0 Å². The van der Waals surface area contributed by atoms with E-state index in [-0.39, 0.29) is 18.2 Å². The first-order valence-corrected chi connectivity index (χ1v) is 8.52. The first kappa shape index (κ1) is 16.7. The Morgan fingerprint density at radius 2 is 1.95 bits per heavy atom. The number of carbonyl (C=O) groups is 2. The molecule has 116 valence electrons. The number of carboxylic acid groups (broad SMARTS) is 1. The summed E-state index contributed by atoms with van der Waals surface area (Å²) in [6.07, 6.45) is 2.46. The zero-order chi connectivity index (χ0) is 15.2. The third-order valence-electron chi connectivity index (χ3n) is 3.06. The van der Waals surface area contributed by atoms with E-state index in [1.54, 1.807) is 0 Å². The van der Waals surface area contributed by atoms with Crippen LogP contribution in [0.1, 0.15) is 19.3 Å². The molecule has 1 aliphatic rings. The second-order valence-electron chi connectivity index (χ2n) is 4.95. The van der Waals surface area contributed by atoms with E-state index in [9.17, 15) is 18.0 Å². The van der Waals surface area contributed by atoms with Crippen molar-refractivity contribution in [2.24, 2.45) is 0 Å². The normalized spacial score (nSPS) is 18.2. The minimum atomic E-state index is -3.26. The van der Waals surface area contributed by atoms with Crippen molar-refractivity contribution in [1.82, 2.24) is 16.0 Å².